The van der Waals surface area contributed by atoms with Crippen LogP contribution in [-0.2, 0) is 21.1 Å². The lowest BCUT2D eigenvalue weighted by Crippen LogP contribution is -2.47. The third-order valence-electron chi connectivity index (χ3n) is 2.49. The average Bonchev–Trinajstić information content (AvgIpc) is 2.86. The van der Waals surface area contributed by atoms with Gasteiger partial charge in [0.1, 0.15) is 28.0 Å². The Labute approximate surface area is 121 Å². The summed E-state index contributed by atoms with van der Waals surface area (Å²) >= 11 is 0. The van der Waals surface area contributed by atoms with Crippen LogP contribution < -0.4 is 10.6 Å². The van der Waals surface area contributed by atoms with Crippen LogP contribution in [0.5, 0.6) is 0 Å². The van der Waals surface area contributed by atoms with Gasteiger partial charge in [-0.25, -0.2) is 23.0 Å². The van der Waals surface area contributed by atoms with Gasteiger partial charge < -0.3 is 15.7 Å². The predicted octanol–water partition coefficient (Wildman–Crippen LogP) is -1.47. The lowest BCUT2D eigenvalue weighted by molar-refractivity contribution is -0.139. The quantitative estimate of drug-likeness (QED) is 0.456. The van der Waals surface area contributed by atoms with Crippen LogP contribution in [0.2, 0.25) is 0 Å². The van der Waals surface area contributed by atoms with Gasteiger partial charge in [0.25, 0.3) is 0 Å². The first-order chi connectivity index (χ1) is 9.78. The van der Waals surface area contributed by atoms with E-state index in [2.05, 4.69) is 25.8 Å². The van der Waals surface area contributed by atoms with E-state index in [9.17, 15) is 18.0 Å². The molecule has 10 nitrogen and oxygen atoms in total. The fourth-order valence-corrected chi connectivity index (χ4v) is 2.11. The van der Waals surface area contributed by atoms with Crippen molar-refractivity contribution in [2.24, 2.45) is 0 Å². The third kappa shape index (κ3) is 7.25. The lowest BCUT2D eigenvalue weighted by Gasteiger charge is -2.14. The summed E-state index contributed by atoms with van der Waals surface area (Å²) in [5, 5.41) is 19.8. The molecule has 0 aliphatic heterocycles. The monoisotopic (exact) mass is 319 g/mol. The number of rotatable bonds is 8. The predicted molar refractivity (Wildman–Crippen MR) is 72.4 cm³/mol. The van der Waals surface area contributed by atoms with E-state index in [4.69, 9.17) is 5.11 Å². The maximum Gasteiger partial charge on any atom is 0.326 e. The molecule has 0 aliphatic rings. The second-order valence-electron chi connectivity index (χ2n) is 4.39. The molecule has 4 N–H and O–H groups in total. The number of urea groups is 1. The Morgan fingerprint density at radius 3 is 2.71 bits per heavy atom. The van der Waals surface area contributed by atoms with Gasteiger partial charge in [-0.3, -0.25) is 5.10 Å². The SMILES string of the molecule is CS(=O)(=O)CCC(NC(=O)NCCc1ncn[nH]1)C(=O)O. The van der Waals surface area contributed by atoms with Gasteiger partial charge in [0.15, 0.2) is 0 Å². The molecule has 0 aromatic carbocycles. The first-order valence-electron chi connectivity index (χ1n) is 6.07. The molecule has 0 radical (unpaired) electrons. The van der Waals surface area contributed by atoms with Crippen molar-refractivity contribution in [1.29, 1.82) is 0 Å². The zero-order valence-electron chi connectivity index (χ0n) is 11.4. The Morgan fingerprint density at radius 1 is 1.48 bits per heavy atom. The van der Waals surface area contributed by atoms with Crippen molar-refractivity contribution in [1.82, 2.24) is 25.8 Å². The van der Waals surface area contributed by atoms with E-state index in [1.807, 2.05) is 0 Å². The minimum absolute atomic E-state index is 0.191. The average molecular weight is 319 g/mol. The van der Waals surface area contributed by atoms with Crippen LogP contribution in [0.15, 0.2) is 6.33 Å². The number of aromatic nitrogens is 3. The van der Waals surface area contributed by atoms with Gasteiger partial charge in [0.2, 0.25) is 0 Å². The number of carboxylic acid groups (broad SMARTS) is 1. The van der Waals surface area contributed by atoms with Crippen molar-refractivity contribution >= 4 is 21.8 Å². The Hall–Kier alpha value is -2.17. The highest BCUT2D eigenvalue weighted by Gasteiger charge is 2.21. The van der Waals surface area contributed by atoms with Gasteiger partial charge in [-0.05, 0) is 6.42 Å². The molecule has 1 aromatic heterocycles. The number of aromatic amines is 1. The Bertz CT molecular complexity index is 571. The van der Waals surface area contributed by atoms with E-state index in [-0.39, 0.29) is 18.7 Å². The molecule has 0 spiro atoms. The highest BCUT2D eigenvalue weighted by Crippen LogP contribution is 1.97. The van der Waals surface area contributed by atoms with E-state index in [1.54, 1.807) is 0 Å². The number of carbonyl (C=O) groups is 2. The van der Waals surface area contributed by atoms with E-state index in [0.29, 0.717) is 12.2 Å². The highest BCUT2D eigenvalue weighted by molar-refractivity contribution is 7.90. The molecule has 0 saturated heterocycles. The number of H-pyrrole nitrogens is 1. The topological polar surface area (TPSA) is 154 Å². The van der Waals surface area contributed by atoms with Gasteiger partial charge in [0, 0.05) is 19.2 Å². The molecule has 0 fully saturated rings. The fraction of sp³-hybridized carbons (Fsp3) is 0.600. The molecule has 2 amide bonds. The summed E-state index contributed by atoms with van der Waals surface area (Å²) in [5.74, 6) is -1.02. The first kappa shape index (κ1) is 16.9. The van der Waals surface area contributed by atoms with Crippen LogP contribution in [0.3, 0.4) is 0 Å². The fourth-order valence-electron chi connectivity index (χ4n) is 1.44. The summed E-state index contributed by atoms with van der Waals surface area (Å²) < 4.78 is 22.0. The summed E-state index contributed by atoms with van der Waals surface area (Å²) in [6.45, 7) is 0.236. The number of amides is 2. The van der Waals surface area contributed by atoms with Crippen molar-refractivity contribution in [3.8, 4) is 0 Å². The van der Waals surface area contributed by atoms with Crippen molar-refractivity contribution in [2.45, 2.75) is 18.9 Å². The van der Waals surface area contributed by atoms with E-state index >= 15 is 0 Å². The molecule has 1 heterocycles. The zero-order chi connectivity index (χ0) is 15.9. The number of carbonyl (C=O) groups excluding carboxylic acids is 1. The van der Waals surface area contributed by atoms with E-state index < -0.39 is 27.9 Å². The van der Waals surface area contributed by atoms with Crippen molar-refractivity contribution in [3.05, 3.63) is 12.2 Å². The zero-order valence-corrected chi connectivity index (χ0v) is 12.2. The van der Waals surface area contributed by atoms with Gasteiger partial charge >= 0.3 is 12.0 Å². The molecule has 1 atom stereocenters. The Morgan fingerprint density at radius 2 is 2.19 bits per heavy atom. The third-order valence-corrected chi connectivity index (χ3v) is 3.47. The highest BCUT2D eigenvalue weighted by atomic mass is 32.2. The molecule has 1 aromatic rings. The minimum atomic E-state index is -3.29. The van der Waals surface area contributed by atoms with Crippen LogP contribution in [0.1, 0.15) is 12.2 Å². The van der Waals surface area contributed by atoms with Crippen molar-refractivity contribution in [2.75, 3.05) is 18.6 Å². The molecule has 118 valence electrons. The molecule has 1 unspecified atom stereocenters. The second-order valence-corrected chi connectivity index (χ2v) is 6.65. The van der Waals surface area contributed by atoms with E-state index in [1.165, 1.54) is 6.33 Å². The summed E-state index contributed by atoms with van der Waals surface area (Å²) in [6.07, 6.45) is 2.56. The van der Waals surface area contributed by atoms with Crippen LogP contribution in [0, 0.1) is 0 Å². The number of sulfone groups is 1. The number of nitrogens with zero attached hydrogens (tertiary/aromatic N) is 2. The summed E-state index contributed by atoms with van der Waals surface area (Å²) in [7, 11) is -3.29. The lowest BCUT2D eigenvalue weighted by atomic mass is 10.2. The van der Waals surface area contributed by atoms with Crippen molar-refractivity contribution < 1.29 is 23.1 Å². The van der Waals surface area contributed by atoms with Gasteiger partial charge in [-0.1, -0.05) is 0 Å². The molecule has 21 heavy (non-hydrogen) atoms. The number of hydrogen-bond acceptors (Lipinski definition) is 6. The Balaban J connectivity index is 2.36. The number of nitrogens with one attached hydrogen (secondary N) is 3. The van der Waals surface area contributed by atoms with Gasteiger partial charge in [-0.2, -0.15) is 5.10 Å². The normalized spacial score (nSPS) is 12.6. The van der Waals surface area contributed by atoms with Crippen LogP contribution >= 0.6 is 0 Å². The van der Waals surface area contributed by atoms with Crippen LogP contribution in [0.25, 0.3) is 0 Å². The maximum atomic E-state index is 11.5. The van der Waals surface area contributed by atoms with E-state index in [0.717, 1.165) is 6.26 Å². The Kier molecular flexibility index (Phi) is 6.09. The second kappa shape index (κ2) is 7.57. The largest absolute Gasteiger partial charge is 0.480 e. The minimum Gasteiger partial charge on any atom is -0.480 e. The number of aliphatic carboxylic acids is 1. The smallest absolute Gasteiger partial charge is 0.326 e. The molecule has 0 bridgehead atoms. The molecular formula is C10H17N5O5S. The van der Waals surface area contributed by atoms with Crippen molar-refractivity contribution in [3.63, 3.8) is 0 Å². The van der Waals surface area contributed by atoms with Crippen LogP contribution in [-0.4, -0.2) is 65.3 Å². The summed E-state index contributed by atoms with van der Waals surface area (Å²) in [5.41, 5.74) is 0. The molecule has 1 rings (SSSR count). The number of carboxylic acids is 1. The van der Waals surface area contributed by atoms with Gasteiger partial charge in [0.05, 0.1) is 5.75 Å². The molecule has 0 saturated carbocycles. The maximum absolute atomic E-state index is 11.5. The van der Waals surface area contributed by atoms with Gasteiger partial charge in [-0.15, -0.1) is 0 Å². The molecule has 0 aliphatic carbocycles. The molecular weight excluding hydrogens is 302 g/mol. The standard InChI is InChI=1S/C10H17N5O5S/c1-21(19,20)5-3-7(9(16)17)14-10(18)11-4-2-8-12-6-13-15-8/h6-7H,2-5H2,1H3,(H,16,17)(H2,11,14,18)(H,12,13,15). The van der Waals surface area contributed by atoms with Crippen LogP contribution in [0.4, 0.5) is 4.79 Å². The first-order valence-corrected chi connectivity index (χ1v) is 8.13. The summed E-state index contributed by atoms with van der Waals surface area (Å²) in [4.78, 5) is 26.3. The number of hydrogen-bond donors (Lipinski definition) is 4. The molecule has 11 heteroatoms. The summed E-state index contributed by atoms with van der Waals surface area (Å²) in [6, 6.07) is -1.94.